The highest BCUT2D eigenvalue weighted by Crippen LogP contribution is 2.36. The first kappa shape index (κ1) is 11.2. The SMILES string of the molecule is CC1OC(C)C(c2ccc(Cl)cc2Cl)O1. The highest BCUT2D eigenvalue weighted by atomic mass is 35.5. The molecule has 1 aliphatic heterocycles. The maximum absolute atomic E-state index is 6.10. The van der Waals surface area contributed by atoms with E-state index < -0.39 is 0 Å². The van der Waals surface area contributed by atoms with Gasteiger partial charge in [0.1, 0.15) is 6.10 Å². The fraction of sp³-hybridized carbons (Fsp3) is 0.455. The third kappa shape index (κ3) is 2.28. The van der Waals surface area contributed by atoms with Gasteiger partial charge in [0, 0.05) is 15.6 Å². The number of benzene rings is 1. The van der Waals surface area contributed by atoms with Crippen LogP contribution in [0.4, 0.5) is 0 Å². The van der Waals surface area contributed by atoms with E-state index in [9.17, 15) is 0 Å². The van der Waals surface area contributed by atoms with E-state index in [-0.39, 0.29) is 18.5 Å². The van der Waals surface area contributed by atoms with Gasteiger partial charge in [0.2, 0.25) is 0 Å². The van der Waals surface area contributed by atoms with E-state index in [1.54, 1.807) is 6.07 Å². The fourth-order valence-electron chi connectivity index (χ4n) is 1.78. The molecule has 0 spiro atoms. The van der Waals surface area contributed by atoms with E-state index in [4.69, 9.17) is 32.7 Å². The lowest BCUT2D eigenvalue weighted by atomic mass is 10.1. The Labute approximate surface area is 99.1 Å². The van der Waals surface area contributed by atoms with Gasteiger partial charge in [-0.15, -0.1) is 0 Å². The first-order valence-electron chi connectivity index (χ1n) is 4.84. The molecule has 0 N–H and O–H groups in total. The van der Waals surface area contributed by atoms with Gasteiger partial charge in [-0.25, -0.2) is 0 Å². The molecule has 1 aromatic rings. The predicted octanol–water partition coefficient (Wildman–Crippen LogP) is 3.82. The van der Waals surface area contributed by atoms with Crippen molar-refractivity contribution in [1.29, 1.82) is 0 Å². The van der Waals surface area contributed by atoms with Gasteiger partial charge in [0.15, 0.2) is 6.29 Å². The van der Waals surface area contributed by atoms with Gasteiger partial charge in [-0.2, -0.15) is 0 Å². The summed E-state index contributed by atoms with van der Waals surface area (Å²) in [7, 11) is 0. The summed E-state index contributed by atoms with van der Waals surface area (Å²) in [5.41, 5.74) is 0.929. The summed E-state index contributed by atoms with van der Waals surface area (Å²) in [5, 5.41) is 1.25. The Balaban J connectivity index is 2.29. The molecule has 0 amide bonds. The summed E-state index contributed by atoms with van der Waals surface area (Å²) in [6.07, 6.45) is -0.278. The third-order valence-corrected chi connectivity index (χ3v) is 3.00. The molecule has 0 bridgehead atoms. The van der Waals surface area contributed by atoms with E-state index in [0.717, 1.165) is 5.56 Å². The van der Waals surface area contributed by atoms with Crippen LogP contribution in [0, 0.1) is 0 Å². The van der Waals surface area contributed by atoms with Crippen LogP contribution >= 0.6 is 23.2 Å². The Morgan fingerprint density at radius 1 is 1.13 bits per heavy atom. The normalized spacial score (nSPS) is 30.8. The van der Waals surface area contributed by atoms with Gasteiger partial charge < -0.3 is 9.47 Å². The second-order valence-electron chi connectivity index (χ2n) is 3.63. The lowest BCUT2D eigenvalue weighted by Crippen LogP contribution is -2.10. The molecule has 0 aliphatic carbocycles. The van der Waals surface area contributed by atoms with E-state index in [1.165, 1.54) is 0 Å². The topological polar surface area (TPSA) is 18.5 Å². The first-order chi connectivity index (χ1) is 7.08. The zero-order valence-electron chi connectivity index (χ0n) is 8.54. The minimum atomic E-state index is -0.184. The second-order valence-corrected chi connectivity index (χ2v) is 4.47. The lowest BCUT2D eigenvalue weighted by Gasteiger charge is -2.14. The van der Waals surface area contributed by atoms with Crippen LogP contribution in [0.15, 0.2) is 18.2 Å². The molecule has 1 aliphatic rings. The van der Waals surface area contributed by atoms with E-state index in [0.29, 0.717) is 10.0 Å². The minimum Gasteiger partial charge on any atom is -0.347 e. The highest BCUT2D eigenvalue weighted by molar-refractivity contribution is 6.35. The zero-order valence-corrected chi connectivity index (χ0v) is 10.0. The summed E-state index contributed by atoms with van der Waals surface area (Å²) in [6.45, 7) is 3.85. The molecule has 1 heterocycles. The van der Waals surface area contributed by atoms with Crippen molar-refractivity contribution in [3.05, 3.63) is 33.8 Å². The standard InChI is InChI=1S/C11H12Cl2O2/c1-6-11(15-7(2)14-6)9-4-3-8(12)5-10(9)13/h3-7,11H,1-2H3. The average molecular weight is 247 g/mol. The van der Waals surface area contributed by atoms with Crippen LogP contribution in [0.25, 0.3) is 0 Å². The Morgan fingerprint density at radius 3 is 2.40 bits per heavy atom. The molecule has 15 heavy (non-hydrogen) atoms. The van der Waals surface area contributed by atoms with Gasteiger partial charge in [-0.1, -0.05) is 29.3 Å². The highest BCUT2D eigenvalue weighted by Gasteiger charge is 2.32. The fourth-order valence-corrected chi connectivity index (χ4v) is 2.30. The van der Waals surface area contributed by atoms with Crippen LogP contribution in [-0.4, -0.2) is 12.4 Å². The molecule has 1 fully saturated rings. The smallest absolute Gasteiger partial charge is 0.156 e. The number of rotatable bonds is 1. The van der Waals surface area contributed by atoms with E-state index in [1.807, 2.05) is 26.0 Å². The maximum atomic E-state index is 6.10. The van der Waals surface area contributed by atoms with Crippen LogP contribution in [-0.2, 0) is 9.47 Å². The van der Waals surface area contributed by atoms with Crippen LogP contribution < -0.4 is 0 Å². The number of hydrogen-bond donors (Lipinski definition) is 0. The van der Waals surface area contributed by atoms with Crippen molar-refractivity contribution < 1.29 is 9.47 Å². The molecule has 0 radical (unpaired) electrons. The molecule has 2 rings (SSSR count). The van der Waals surface area contributed by atoms with Crippen LogP contribution in [0.2, 0.25) is 10.0 Å². The van der Waals surface area contributed by atoms with Crippen LogP contribution in [0.5, 0.6) is 0 Å². The summed E-state index contributed by atoms with van der Waals surface area (Å²) in [5.74, 6) is 0. The van der Waals surface area contributed by atoms with Crippen LogP contribution in [0.1, 0.15) is 25.5 Å². The second kappa shape index (κ2) is 4.30. The van der Waals surface area contributed by atoms with Crippen molar-refractivity contribution in [1.82, 2.24) is 0 Å². The molecule has 82 valence electrons. The Hall–Kier alpha value is -0.280. The molecule has 0 aromatic heterocycles. The molecular formula is C11H12Cl2O2. The number of halogens is 2. The van der Waals surface area contributed by atoms with E-state index >= 15 is 0 Å². The molecule has 3 unspecified atom stereocenters. The van der Waals surface area contributed by atoms with Gasteiger partial charge in [-0.3, -0.25) is 0 Å². The maximum Gasteiger partial charge on any atom is 0.156 e. The summed E-state index contributed by atoms with van der Waals surface area (Å²) in [6, 6.07) is 5.41. The van der Waals surface area contributed by atoms with E-state index in [2.05, 4.69) is 0 Å². The summed E-state index contributed by atoms with van der Waals surface area (Å²) < 4.78 is 11.1. The Kier molecular flexibility index (Phi) is 3.21. The van der Waals surface area contributed by atoms with Crippen molar-refractivity contribution >= 4 is 23.2 Å². The first-order valence-corrected chi connectivity index (χ1v) is 5.59. The predicted molar refractivity (Wildman–Crippen MR) is 60.3 cm³/mol. The van der Waals surface area contributed by atoms with Crippen molar-refractivity contribution in [2.75, 3.05) is 0 Å². The van der Waals surface area contributed by atoms with Gasteiger partial charge in [0.05, 0.1) is 6.10 Å². The molecule has 4 heteroatoms. The van der Waals surface area contributed by atoms with Gasteiger partial charge in [-0.05, 0) is 26.0 Å². The third-order valence-electron chi connectivity index (χ3n) is 2.44. The molecule has 0 saturated carbocycles. The van der Waals surface area contributed by atoms with Gasteiger partial charge >= 0.3 is 0 Å². The van der Waals surface area contributed by atoms with Crippen molar-refractivity contribution in [2.45, 2.75) is 32.3 Å². The average Bonchev–Trinajstić information content (AvgIpc) is 2.45. The summed E-state index contributed by atoms with van der Waals surface area (Å²) >= 11 is 11.9. The largest absolute Gasteiger partial charge is 0.347 e. The lowest BCUT2D eigenvalue weighted by molar-refractivity contribution is -0.0494. The molecule has 1 aromatic carbocycles. The van der Waals surface area contributed by atoms with Crippen LogP contribution in [0.3, 0.4) is 0 Å². The Morgan fingerprint density at radius 2 is 1.87 bits per heavy atom. The van der Waals surface area contributed by atoms with Crippen molar-refractivity contribution in [3.8, 4) is 0 Å². The Bertz CT molecular complexity index is 368. The molecular weight excluding hydrogens is 235 g/mol. The quantitative estimate of drug-likeness (QED) is 0.751. The zero-order chi connectivity index (χ0) is 11.0. The minimum absolute atomic E-state index is 0.0127. The van der Waals surface area contributed by atoms with Gasteiger partial charge in [0.25, 0.3) is 0 Å². The number of hydrogen-bond acceptors (Lipinski definition) is 2. The molecule has 3 atom stereocenters. The molecule has 2 nitrogen and oxygen atoms in total. The number of ether oxygens (including phenoxy) is 2. The summed E-state index contributed by atoms with van der Waals surface area (Å²) in [4.78, 5) is 0. The monoisotopic (exact) mass is 246 g/mol. The van der Waals surface area contributed by atoms with Crippen molar-refractivity contribution in [2.24, 2.45) is 0 Å². The van der Waals surface area contributed by atoms with Crippen molar-refractivity contribution in [3.63, 3.8) is 0 Å². The molecule has 1 saturated heterocycles.